The van der Waals surface area contributed by atoms with Gasteiger partial charge in [-0.1, -0.05) is 60.7 Å². The molecule has 200 valence electrons. The molecule has 0 bridgehead atoms. The van der Waals surface area contributed by atoms with E-state index in [-0.39, 0.29) is 13.2 Å². The molecule has 0 amide bonds. The van der Waals surface area contributed by atoms with Gasteiger partial charge in [0.25, 0.3) is 0 Å². The van der Waals surface area contributed by atoms with Gasteiger partial charge in [0.2, 0.25) is 0 Å². The van der Waals surface area contributed by atoms with E-state index in [0.29, 0.717) is 52.9 Å². The Morgan fingerprint density at radius 2 is 0.895 bits per heavy atom. The summed E-state index contributed by atoms with van der Waals surface area (Å²) in [7, 11) is 0. The van der Waals surface area contributed by atoms with Crippen LogP contribution in [0.2, 0.25) is 0 Å². The van der Waals surface area contributed by atoms with E-state index in [1.54, 1.807) is 0 Å². The van der Waals surface area contributed by atoms with Crippen molar-refractivity contribution in [2.24, 2.45) is 0 Å². The first-order chi connectivity index (χ1) is 18.8. The van der Waals surface area contributed by atoms with Crippen molar-refractivity contribution >= 4 is 21.5 Å². The van der Waals surface area contributed by atoms with Gasteiger partial charge in [-0.15, -0.1) is 0 Å². The van der Waals surface area contributed by atoms with Crippen LogP contribution in [0.5, 0.6) is 11.5 Å². The molecular weight excluding hydrogens is 484 g/mol. The Bertz CT molecular complexity index is 1220. The van der Waals surface area contributed by atoms with Crippen LogP contribution in [0.4, 0.5) is 0 Å². The van der Waals surface area contributed by atoms with Gasteiger partial charge >= 0.3 is 0 Å². The molecule has 7 nitrogen and oxygen atoms in total. The van der Waals surface area contributed by atoms with Crippen LogP contribution in [0, 0.1) is 0 Å². The number of aliphatic hydroxyl groups is 1. The Balaban J connectivity index is 1.49. The van der Waals surface area contributed by atoms with Crippen LogP contribution >= 0.6 is 0 Å². The molecule has 1 heterocycles. The highest BCUT2D eigenvalue weighted by atomic mass is 16.6. The van der Waals surface area contributed by atoms with E-state index in [4.69, 9.17) is 28.4 Å². The molecule has 38 heavy (non-hydrogen) atoms. The lowest BCUT2D eigenvalue weighted by molar-refractivity contribution is -0.0432. The first-order valence-corrected chi connectivity index (χ1v) is 13.1. The average Bonchev–Trinajstić information content (AvgIpc) is 2.95. The lowest BCUT2D eigenvalue weighted by atomic mass is 9.92. The van der Waals surface area contributed by atoms with Gasteiger partial charge in [0.05, 0.1) is 52.9 Å². The predicted octanol–water partition coefficient (Wildman–Crippen LogP) is 4.86. The quantitative estimate of drug-likeness (QED) is 0.356. The lowest BCUT2D eigenvalue weighted by Gasteiger charge is -2.20. The van der Waals surface area contributed by atoms with Crippen molar-refractivity contribution in [3.63, 3.8) is 0 Å². The molecule has 0 atom stereocenters. The fourth-order valence-corrected chi connectivity index (χ4v) is 4.61. The highest BCUT2D eigenvalue weighted by molar-refractivity contribution is 6.09. The van der Waals surface area contributed by atoms with Gasteiger partial charge < -0.3 is 33.5 Å². The highest BCUT2D eigenvalue weighted by Crippen LogP contribution is 2.45. The van der Waals surface area contributed by atoms with Gasteiger partial charge in [-0.3, -0.25) is 0 Å². The zero-order chi connectivity index (χ0) is 26.0. The van der Waals surface area contributed by atoms with Gasteiger partial charge in [0, 0.05) is 11.1 Å². The topological polar surface area (TPSA) is 75.6 Å². The fraction of sp³-hybridized carbons (Fsp3) is 0.355. The monoisotopic (exact) mass is 518 g/mol. The minimum absolute atomic E-state index is 0.196. The highest BCUT2D eigenvalue weighted by Gasteiger charge is 2.19. The van der Waals surface area contributed by atoms with Crippen molar-refractivity contribution in [3.8, 4) is 22.6 Å². The first-order valence-electron chi connectivity index (χ1n) is 13.1. The standard InChI is InChI=1S/C31H34O7/c32-25-21-35-15-13-33-17-19-37-28-11-9-23-5-1-3-7-26(23)30(28)31-27-8-4-2-6-24(27)10-12-29(31)38-20-18-34-14-16-36-22-25/h1-12,25,32H,13-22H2. The molecule has 0 aliphatic carbocycles. The number of rotatable bonds is 0. The van der Waals surface area contributed by atoms with E-state index in [0.717, 1.165) is 44.2 Å². The van der Waals surface area contributed by atoms with Crippen LogP contribution in [0.1, 0.15) is 0 Å². The van der Waals surface area contributed by atoms with Crippen molar-refractivity contribution in [2.75, 3.05) is 66.1 Å². The molecule has 0 fully saturated rings. The Hall–Kier alpha value is -3.20. The van der Waals surface area contributed by atoms with Gasteiger partial charge in [0.15, 0.2) is 0 Å². The Morgan fingerprint density at radius 3 is 1.39 bits per heavy atom. The van der Waals surface area contributed by atoms with Gasteiger partial charge in [-0.25, -0.2) is 0 Å². The fourth-order valence-electron chi connectivity index (χ4n) is 4.61. The minimum Gasteiger partial charge on any atom is -0.491 e. The molecule has 7 heteroatoms. The predicted molar refractivity (Wildman–Crippen MR) is 147 cm³/mol. The minimum atomic E-state index is -0.687. The second-order valence-corrected chi connectivity index (χ2v) is 9.04. The third kappa shape index (κ3) is 6.62. The van der Waals surface area contributed by atoms with Crippen molar-refractivity contribution in [1.29, 1.82) is 0 Å². The van der Waals surface area contributed by atoms with E-state index in [1.165, 1.54) is 0 Å². The average molecular weight is 519 g/mol. The van der Waals surface area contributed by atoms with Gasteiger partial charge in [-0.05, 0) is 33.7 Å². The number of hydrogen-bond acceptors (Lipinski definition) is 7. The summed E-state index contributed by atoms with van der Waals surface area (Å²) < 4.78 is 35.0. The normalized spacial score (nSPS) is 17.5. The summed E-state index contributed by atoms with van der Waals surface area (Å²) in [6.45, 7) is 3.59. The number of aliphatic hydroxyl groups excluding tert-OH is 1. The Morgan fingerprint density at radius 1 is 0.474 bits per heavy atom. The van der Waals surface area contributed by atoms with Crippen LogP contribution in [0.15, 0.2) is 72.8 Å². The molecular formula is C31H34O7. The maximum absolute atomic E-state index is 9.97. The zero-order valence-electron chi connectivity index (χ0n) is 21.5. The summed E-state index contributed by atoms with van der Waals surface area (Å²) >= 11 is 0. The molecule has 0 radical (unpaired) electrons. The van der Waals surface area contributed by atoms with Crippen LogP contribution < -0.4 is 9.47 Å². The van der Waals surface area contributed by atoms with Crippen LogP contribution in [-0.2, 0) is 18.9 Å². The number of fused-ring (bicyclic) bond motifs is 7. The van der Waals surface area contributed by atoms with E-state index in [2.05, 4.69) is 36.4 Å². The van der Waals surface area contributed by atoms with Crippen molar-refractivity contribution in [1.82, 2.24) is 0 Å². The van der Waals surface area contributed by atoms with Crippen molar-refractivity contribution < 1.29 is 33.5 Å². The largest absolute Gasteiger partial charge is 0.491 e. The zero-order valence-corrected chi connectivity index (χ0v) is 21.5. The summed E-state index contributed by atoms with van der Waals surface area (Å²) in [6, 6.07) is 24.8. The van der Waals surface area contributed by atoms with Crippen molar-refractivity contribution in [2.45, 2.75) is 6.10 Å². The second kappa shape index (κ2) is 13.6. The number of hydrogen-bond donors (Lipinski definition) is 1. The lowest BCUT2D eigenvalue weighted by Crippen LogP contribution is -2.24. The van der Waals surface area contributed by atoms with E-state index < -0.39 is 6.10 Å². The third-order valence-corrected chi connectivity index (χ3v) is 6.37. The van der Waals surface area contributed by atoms with Crippen LogP contribution in [0.25, 0.3) is 32.7 Å². The molecule has 0 saturated carbocycles. The molecule has 1 aliphatic heterocycles. The molecule has 0 aromatic heterocycles. The molecule has 1 N–H and O–H groups in total. The summed E-state index contributed by atoms with van der Waals surface area (Å²) in [4.78, 5) is 0. The summed E-state index contributed by atoms with van der Waals surface area (Å²) in [5.41, 5.74) is 1.99. The molecule has 0 unspecified atom stereocenters. The maximum Gasteiger partial charge on any atom is 0.128 e. The third-order valence-electron chi connectivity index (χ3n) is 6.37. The first kappa shape index (κ1) is 26.4. The number of ether oxygens (including phenoxy) is 6. The summed E-state index contributed by atoms with van der Waals surface area (Å²) in [6.07, 6.45) is -0.687. The second-order valence-electron chi connectivity index (χ2n) is 9.04. The van der Waals surface area contributed by atoms with E-state index in [9.17, 15) is 5.11 Å². The maximum atomic E-state index is 9.97. The molecule has 1 aliphatic rings. The molecule has 4 aromatic rings. The van der Waals surface area contributed by atoms with E-state index >= 15 is 0 Å². The summed E-state index contributed by atoms with van der Waals surface area (Å²) in [5, 5.41) is 14.4. The van der Waals surface area contributed by atoms with Crippen LogP contribution in [0.3, 0.4) is 0 Å². The SMILES string of the molecule is OC1COCCOCCOc2ccc3ccccc3c2-c2c(ccc3ccccc23)OCCOCCOC1. The van der Waals surface area contributed by atoms with Crippen molar-refractivity contribution in [3.05, 3.63) is 72.8 Å². The van der Waals surface area contributed by atoms with Crippen LogP contribution in [-0.4, -0.2) is 77.3 Å². The van der Waals surface area contributed by atoms with E-state index in [1.807, 2.05) is 36.4 Å². The molecule has 0 saturated heterocycles. The Kier molecular flexibility index (Phi) is 9.42. The molecule has 5 rings (SSSR count). The summed E-state index contributed by atoms with van der Waals surface area (Å²) in [5.74, 6) is 1.54. The smallest absolute Gasteiger partial charge is 0.128 e. The molecule has 4 aromatic carbocycles. The Labute approximate surface area is 222 Å². The van der Waals surface area contributed by atoms with Gasteiger partial charge in [0.1, 0.15) is 30.8 Å². The number of benzene rings is 4. The van der Waals surface area contributed by atoms with Gasteiger partial charge in [-0.2, -0.15) is 0 Å². The molecule has 0 spiro atoms.